The molecule has 0 saturated carbocycles. The Kier molecular flexibility index (Phi) is 6.13. The van der Waals surface area contributed by atoms with Gasteiger partial charge in [0.05, 0.1) is 17.0 Å². The molecule has 1 amide bonds. The Hall–Kier alpha value is -3.07. The fraction of sp³-hybridized carbons (Fsp3) is 0.364. The molecule has 0 bridgehead atoms. The fourth-order valence-electron chi connectivity index (χ4n) is 3.86. The number of hydrogen-bond donors (Lipinski definition) is 1. The minimum atomic E-state index is -3.34. The van der Waals surface area contributed by atoms with Crippen LogP contribution in [0.5, 0.6) is 0 Å². The van der Waals surface area contributed by atoms with Crippen molar-refractivity contribution in [3.63, 3.8) is 0 Å². The van der Waals surface area contributed by atoms with Gasteiger partial charge in [0.15, 0.2) is 6.61 Å². The van der Waals surface area contributed by atoms with Crippen LogP contribution in [0.4, 0.5) is 17.1 Å². The molecule has 0 aromatic heterocycles. The van der Waals surface area contributed by atoms with E-state index in [-0.39, 0.29) is 11.3 Å². The van der Waals surface area contributed by atoms with Gasteiger partial charge in [0, 0.05) is 31.0 Å². The molecule has 4 rings (SSSR count). The molecule has 2 aromatic rings. The molecule has 31 heavy (non-hydrogen) atoms. The standard InChI is InChI=1S/C22H25N3O5S/c26-21(23-18-7-9-19(10-8-18)24-11-1-2-12-24)16-30-22(27)17-5-3-6-20(15-17)25-13-4-14-31(25,28)29/h3,5-10,15H,1-2,4,11-14,16H2,(H,23,26). The van der Waals surface area contributed by atoms with Crippen LogP contribution in [0.3, 0.4) is 0 Å². The minimum absolute atomic E-state index is 0.0981. The molecular formula is C22H25N3O5S. The van der Waals surface area contributed by atoms with E-state index < -0.39 is 28.5 Å². The Morgan fingerprint density at radius 1 is 0.935 bits per heavy atom. The van der Waals surface area contributed by atoms with E-state index in [0.717, 1.165) is 18.8 Å². The smallest absolute Gasteiger partial charge is 0.338 e. The molecule has 9 heteroatoms. The highest BCUT2D eigenvalue weighted by atomic mass is 32.2. The molecule has 2 aliphatic rings. The average molecular weight is 444 g/mol. The van der Waals surface area contributed by atoms with Gasteiger partial charge < -0.3 is 15.0 Å². The molecular weight excluding hydrogens is 418 g/mol. The third-order valence-corrected chi connectivity index (χ3v) is 7.30. The van der Waals surface area contributed by atoms with Crippen molar-refractivity contribution in [3.05, 3.63) is 54.1 Å². The maximum atomic E-state index is 12.3. The Balaban J connectivity index is 1.31. The molecule has 8 nitrogen and oxygen atoms in total. The number of ether oxygens (including phenoxy) is 1. The molecule has 2 heterocycles. The summed E-state index contributed by atoms with van der Waals surface area (Å²) in [4.78, 5) is 26.8. The van der Waals surface area contributed by atoms with Gasteiger partial charge in [-0.3, -0.25) is 9.10 Å². The summed E-state index contributed by atoms with van der Waals surface area (Å²) in [5.74, 6) is -1.03. The number of carbonyl (C=O) groups is 2. The van der Waals surface area contributed by atoms with Crippen LogP contribution in [0.1, 0.15) is 29.6 Å². The minimum Gasteiger partial charge on any atom is -0.452 e. The van der Waals surface area contributed by atoms with Gasteiger partial charge >= 0.3 is 5.97 Å². The zero-order valence-corrected chi connectivity index (χ0v) is 17.9. The van der Waals surface area contributed by atoms with Gasteiger partial charge in [0.1, 0.15) is 0 Å². The molecule has 2 fully saturated rings. The van der Waals surface area contributed by atoms with Crippen molar-refractivity contribution in [3.8, 4) is 0 Å². The molecule has 0 unspecified atom stereocenters. The highest BCUT2D eigenvalue weighted by molar-refractivity contribution is 7.93. The average Bonchev–Trinajstić information content (AvgIpc) is 3.42. The number of carbonyl (C=O) groups excluding carboxylic acids is 2. The van der Waals surface area contributed by atoms with Gasteiger partial charge in [-0.05, 0) is 61.7 Å². The van der Waals surface area contributed by atoms with E-state index in [0.29, 0.717) is 24.3 Å². The molecule has 2 aromatic carbocycles. The van der Waals surface area contributed by atoms with Crippen molar-refractivity contribution in [2.45, 2.75) is 19.3 Å². The first-order chi connectivity index (χ1) is 14.9. The van der Waals surface area contributed by atoms with E-state index in [4.69, 9.17) is 4.74 Å². The Labute approximate surface area is 181 Å². The van der Waals surface area contributed by atoms with Gasteiger partial charge in [-0.25, -0.2) is 13.2 Å². The van der Waals surface area contributed by atoms with Crippen LogP contribution in [0.15, 0.2) is 48.5 Å². The maximum Gasteiger partial charge on any atom is 0.338 e. The first-order valence-electron chi connectivity index (χ1n) is 10.3. The number of sulfonamides is 1. The van der Waals surface area contributed by atoms with Gasteiger partial charge in [0.2, 0.25) is 10.0 Å². The molecule has 2 saturated heterocycles. The van der Waals surface area contributed by atoms with Gasteiger partial charge in [-0.2, -0.15) is 0 Å². The molecule has 2 aliphatic heterocycles. The number of esters is 1. The lowest BCUT2D eigenvalue weighted by Gasteiger charge is -2.18. The second kappa shape index (κ2) is 8.97. The topological polar surface area (TPSA) is 96.0 Å². The summed E-state index contributed by atoms with van der Waals surface area (Å²) >= 11 is 0. The Morgan fingerprint density at radius 3 is 2.35 bits per heavy atom. The summed E-state index contributed by atoms with van der Waals surface area (Å²) in [6.45, 7) is 2.05. The monoisotopic (exact) mass is 443 g/mol. The maximum absolute atomic E-state index is 12.3. The second-order valence-corrected chi connectivity index (χ2v) is 9.67. The Morgan fingerprint density at radius 2 is 1.68 bits per heavy atom. The van der Waals surface area contributed by atoms with E-state index in [1.807, 2.05) is 24.3 Å². The summed E-state index contributed by atoms with van der Waals surface area (Å²) < 4.78 is 30.6. The van der Waals surface area contributed by atoms with Crippen LogP contribution in [-0.4, -0.2) is 52.3 Å². The molecule has 0 spiro atoms. The number of rotatable bonds is 6. The predicted octanol–water partition coefficient (Wildman–Crippen LogP) is 2.62. The van der Waals surface area contributed by atoms with Gasteiger partial charge in [-0.15, -0.1) is 0 Å². The SMILES string of the molecule is O=C(COC(=O)c1cccc(N2CCCS2(=O)=O)c1)Nc1ccc(N2CCCC2)cc1. The van der Waals surface area contributed by atoms with Gasteiger partial charge in [-0.1, -0.05) is 6.07 Å². The highest BCUT2D eigenvalue weighted by Crippen LogP contribution is 2.25. The van der Waals surface area contributed by atoms with Crippen LogP contribution in [0.25, 0.3) is 0 Å². The van der Waals surface area contributed by atoms with Crippen LogP contribution in [-0.2, 0) is 19.6 Å². The normalized spacial score (nSPS) is 17.5. The lowest BCUT2D eigenvalue weighted by atomic mass is 10.2. The van der Waals surface area contributed by atoms with Crippen LogP contribution < -0.4 is 14.5 Å². The van der Waals surface area contributed by atoms with Crippen molar-refractivity contribution in [2.75, 3.05) is 46.5 Å². The number of benzene rings is 2. The second-order valence-electron chi connectivity index (χ2n) is 7.66. The lowest BCUT2D eigenvalue weighted by molar-refractivity contribution is -0.119. The van der Waals surface area contributed by atoms with E-state index in [1.54, 1.807) is 12.1 Å². The third kappa shape index (κ3) is 4.99. The molecule has 0 radical (unpaired) electrons. The highest BCUT2D eigenvalue weighted by Gasteiger charge is 2.28. The van der Waals surface area contributed by atoms with Crippen molar-refractivity contribution in [2.24, 2.45) is 0 Å². The van der Waals surface area contributed by atoms with Crippen LogP contribution in [0.2, 0.25) is 0 Å². The summed E-state index contributed by atoms with van der Waals surface area (Å²) in [5, 5.41) is 2.71. The van der Waals surface area contributed by atoms with Crippen LogP contribution >= 0.6 is 0 Å². The lowest BCUT2D eigenvalue weighted by Crippen LogP contribution is -2.25. The number of nitrogens with zero attached hydrogens (tertiary/aromatic N) is 2. The summed E-state index contributed by atoms with van der Waals surface area (Å²) in [7, 11) is -3.34. The van der Waals surface area contributed by atoms with E-state index in [1.165, 1.54) is 29.3 Å². The summed E-state index contributed by atoms with van der Waals surface area (Å²) in [6, 6.07) is 13.8. The number of hydrogen-bond acceptors (Lipinski definition) is 6. The van der Waals surface area contributed by atoms with Crippen molar-refractivity contribution >= 4 is 39.0 Å². The van der Waals surface area contributed by atoms with Crippen molar-refractivity contribution < 1.29 is 22.7 Å². The third-order valence-electron chi connectivity index (χ3n) is 5.43. The first kappa shape index (κ1) is 21.2. The van der Waals surface area contributed by atoms with E-state index in [2.05, 4.69) is 10.2 Å². The summed E-state index contributed by atoms with van der Waals surface area (Å²) in [6.07, 6.45) is 2.94. The quantitative estimate of drug-likeness (QED) is 0.690. The zero-order chi connectivity index (χ0) is 21.8. The fourth-order valence-corrected chi connectivity index (χ4v) is 5.42. The molecule has 0 aliphatic carbocycles. The van der Waals surface area contributed by atoms with Gasteiger partial charge in [0.25, 0.3) is 5.91 Å². The Bertz CT molecular complexity index is 1060. The zero-order valence-electron chi connectivity index (χ0n) is 17.1. The number of anilines is 3. The first-order valence-corrected chi connectivity index (χ1v) is 12.0. The van der Waals surface area contributed by atoms with Crippen molar-refractivity contribution in [1.29, 1.82) is 0 Å². The number of amides is 1. The predicted molar refractivity (Wildman–Crippen MR) is 119 cm³/mol. The van der Waals surface area contributed by atoms with E-state index in [9.17, 15) is 18.0 Å². The molecule has 164 valence electrons. The largest absolute Gasteiger partial charge is 0.452 e. The molecule has 1 N–H and O–H groups in total. The van der Waals surface area contributed by atoms with Crippen molar-refractivity contribution in [1.82, 2.24) is 0 Å². The summed E-state index contributed by atoms with van der Waals surface area (Å²) in [5.41, 5.74) is 2.38. The van der Waals surface area contributed by atoms with Crippen LogP contribution in [0, 0.1) is 0 Å². The number of nitrogens with one attached hydrogen (secondary N) is 1. The van der Waals surface area contributed by atoms with E-state index >= 15 is 0 Å². The molecule has 0 atom stereocenters.